The first-order valence-electron chi connectivity index (χ1n) is 9.40. The molecule has 0 bridgehead atoms. The summed E-state index contributed by atoms with van der Waals surface area (Å²) in [5.74, 6) is 0.515. The van der Waals surface area contributed by atoms with Gasteiger partial charge in [-0.05, 0) is 76.0 Å². The molecule has 8 heteroatoms. The number of carbonyl (C=O) groups is 1. The van der Waals surface area contributed by atoms with Crippen LogP contribution in [0.4, 0.5) is 4.79 Å². The minimum absolute atomic E-state index is 0.443. The summed E-state index contributed by atoms with van der Waals surface area (Å²) in [7, 11) is -5.64. The maximum Gasteiger partial charge on any atom is 0.412 e. The van der Waals surface area contributed by atoms with Gasteiger partial charge in [-0.2, -0.15) is 0 Å². The molecule has 0 atom stereocenters. The van der Waals surface area contributed by atoms with Crippen LogP contribution in [0.25, 0.3) is 6.08 Å². The predicted octanol–water partition coefficient (Wildman–Crippen LogP) is 5.58. The molecule has 27 heavy (non-hydrogen) atoms. The summed E-state index contributed by atoms with van der Waals surface area (Å²) < 4.78 is 18.2. The van der Waals surface area contributed by atoms with Gasteiger partial charge in [0.1, 0.15) is 5.75 Å². The Hall–Kier alpha value is -1.20. The van der Waals surface area contributed by atoms with Gasteiger partial charge in [-0.1, -0.05) is 24.8 Å². The maximum absolute atomic E-state index is 12.0. The van der Waals surface area contributed by atoms with Crippen LogP contribution in [0.15, 0.2) is 30.8 Å². The van der Waals surface area contributed by atoms with Crippen LogP contribution in [0.5, 0.6) is 5.75 Å². The number of hydrogen-bond acceptors (Lipinski definition) is 4. The average molecular weight is 426 g/mol. The van der Waals surface area contributed by atoms with Crippen molar-refractivity contribution < 1.29 is 17.8 Å². The Morgan fingerprint density at radius 3 is 1.96 bits per heavy atom. The molecule has 1 amide bonds. The van der Waals surface area contributed by atoms with Crippen LogP contribution >= 0.6 is 0 Å². The zero-order valence-corrected chi connectivity index (χ0v) is 20.8. The van der Waals surface area contributed by atoms with Gasteiger partial charge in [0.2, 0.25) is 0 Å². The molecule has 0 aliphatic rings. The number of carbonyl (C=O) groups excluding carboxylic acids is 1. The molecule has 0 aromatic heterocycles. The van der Waals surface area contributed by atoms with Crippen LogP contribution in [-0.4, -0.2) is 37.8 Å². The van der Waals surface area contributed by atoms with Gasteiger partial charge in [-0.15, -0.1) is 0 Å². The highest BCUT2D eigenvalue weighted by Gasteiger charge is 2.39. The molecule has 5 nitrogen and oxygen atoms in total. The Morgan fingerprint density at radius 1 is 1.00 bits per heavy atom. The van der Waals surface area contributed by atoms with E-state index >= 15 is 0 Å². The lowest BCUT2D eigenvalue weighted by Crippen LogP contribution is -2.52. The van der Waals surface area contributed by atoms with E-state index in [1.165, 1.54) is 0 Å². The second kappa shape index (κ2) is 9.83. The fourth-order valence-electron chi connectivity index (χ4n) is 2.83. The van der Waals surface area contributed by atoms with Gasteiger partial charge < -0.3 is 18.3 Å². The van der Waals surface area contributed by atoms with E-state index in [4.69, 9.17) is 13.0 Å². The molecule has 152 valence electrons. The fourth-order valence-corrected chi connectivity index (χ4v) is 15.4. The van der Waals surface area contributed by atoms with Crippen molar-refractivity contribution in [3.8, 4) is 5.75 Å². The van der Waals surface area contributed by atoms with E-state index in [-0.39, 0.29) is 0 Å². The molecule has 0 radical (unpaired) electrons. The quantitative estimate of drug-likeness (QED) is 0.392. The largest absolute Gasteiger partial charge is 0.437 e. The zero-order valence-electron chi connectivity index (χ0n) is 17.8. The Balaban J connectivity index is 2.49. The summed E-state index contributed by atoms with van der Waals surface area (Å²) in [6.45, 7) is 19.6. The summed E-state index contributed by atoms with van der Waals surface area (Å²) in [6.07, 6.45) is 2.11. The van der Waals surface area contributed by atoms with Crippen molar-refractivity contribution >= 4 is 37.4 Å². The molecule has 0 saturated heterocycles. The molecule has 0 fully saturated rings. The van der Waals surface area contributed by atoms with Crippen LogP contribution in [-0.2, 0) is 8.23 Å². The van der Waals surface area contributed by atoms with Gasteiger partial charge in [-0.3, -0.25) is 0 Å². The van der Waals surface area contributed by atoms with E-state index < -0.39 is 31.3 Å². The van der Waals surface area contributed by atoms with Gasteiger partial charge >= 0.3 is 14.7 Å². The lowest BCUT2D eigenvalue weighted by molar-refractivity contribution is 0.200. The molecule has 1 aromatic rings. The molecule has 0 aliphatic carbocycles. The van der Waals surface area contributed by atoms with E-state index in [9.17, 15) is 4.79 Å². The molecule has 1 rings (SSSR count). The molecule has 0 saturated carbocycles. The molecule has 0 heterocycles. The van der Waals surface area contributed by atoms with Crippen molar-refractivity contribution in [2.45, 2.75) is 58.3 Å². The molecular weight excluding hydrogens is 390 g/mol. The topological polar surface area (TPSA) is 56.8 Å². The third kappa shape index (κ3) is 10.6. The molecule has 0 aliphatic heterocycles. The first kappa shape index (κ1) is 23.8. The Morgan fingerprint density at radius 2 is 1.52 bits per heavy atom. The van der Waals surface area contributed by atoms with Crippen LogP contribution < -0.4 is 10.1 Å². The summed E-state index contributed by atoms with van der Waals surface area (Å²) in [5, 5.41) is 2.81. The highest BCUT2D eigenvalue weighted by Crippen LogP contribution is 2.25. The minimum Gasteiger partial charge on any atom is -0.437 e. The first-order chi connectivity index (χ1) is 12.3. The Bertz CT molecular complexity index is 605. The van der Waals surface area contributed by atoms with Crippen molar-refractivity contribution in [1.29, 1.82) is 0 Å². The number of nitrogens with one attached hydrogen (secondary N) is 1. The van der Waals surface area contributed by atoms with Gasteiger partial charge in [0, 0.05) is 6.54 Å². The van der Waals surface area contributed by atoms with Crippen molar-refractivity contribution in [3.63, 3.8) is 0 Å². The SMILES string of the molecule is C=Cc1ccc(OC(=O)NCCC[Si](C)(O[Si](C)(C)C)O[Si](C)(C)C)cc1. The smallest absolute Gasteiger partial charge is 0.412 e. The Kier molecular flexibility index (Phi) is 8.68. The van der Waals surface area contributed by atoms with Crippen molar-refractivity contribution in [2.24, 2.45) is 0 Å². The Labute approximate surface area is 167 Å². The van der Waals surface area contributed by atoms with Gasteiger partial charge in [0.25, 0.3) is 0 Å². The fraction of sp³-hybridized carbons (Fsp3) is 0.526. The van der Waals surface area contributed by atoms with E-state index in [0.29, 0.717) is 12.3 Å². The average Bonchev–Trinajstić information content (AvgIpc) is 2.48. The number of rotatable bonds is 10. The van der Waals surface area contributed by atoms with Crippen LogP contribution in [0.3, 0.4) is 0 Å². The maximum atomic E-state index is 12.0. The minimum atomic E-state index is -2.25. The molecule has 0 spiro atoms. The summed E-state index contributed by atoms with van der Waals surface area (Å²) in [5.41, 5.74) is 0.983. The van der Waals surface area contributed by atoms with E-state index in [1.54, 1.807) is 18.2 Å². The van der Waals surface area contributed by atoms with Crippen LogP contribution in [0.2, 0.25) is 51.9 Å². The van der Waals surface area contributed by atoms with Gasteiger partial charge in [0.15, 0.2) is 16.6 Å². The molecule has 1 N–H and O–H groups in total. The lowest BCUT2D eigenvalue weighted by Gasteiger charge is -2.38. The number of amides is 1. The lowest BCUT2D eigenvalue weighted by atomic mass is 10.2. The third-order valence-electron chi connectivity index (χ3n) is 3.45. The summed E-state index contributed by atoms with van der Waals surface area (Å²) >= 11 is 0. The van der Waals surface area contributed by atoms with E-state index in [2.05, 4.69) is 57.7 Å². The van der Waals surface area contributed by atoms with Crippen molar-refractivity contribution in [3.05, 3.63) is 36.4 Å². The van der Waals surface area contributed by atoms with Gasteiger partial charge in [0.05, 0.1) is 0 Å². The summed E-state index contributed by atoms with van der Waals surface area (Å²) in [4.78, 5) is 12.0. The number of hydrogen-bond donors (Lipinski definition) is 1. The van der Waals surface area contributed by atoms with Crippen LogP contribution in [0.1, 0.15) is 12.0 Å². The molecule has 0 unspecified atom stereocenters. The van der Waals surface area contributed by atoms with Gasteiger partial charge in [-0.25, -0.2) is 4.79 Å². The van der Waals surface area contributed by atoms with Crippen molar-refractivity contribution in [2.75, 3.05) is 6.54 Å². The predicted molar refractivity (Wildman–Crippen MR) is 120 cm³/mol. The zero-order chi connectivity index (χ0) is 20.7. The summed E-state index contributed by atoms with van der Waals surface area (Å²) in [6, 6.07) is 8.08. The number of ether oxygens (including phenoxy) is 1. The first-order valence-corrected chi connectivity index (χ1v) is 18.7. The molecular formula is C19H35NO4Si3. The second-order valence-corrected chi connectivity index (χ2v) is 21.6. The standard InChI is InChI=1S/C19H35NO4Si3/c1-9-17-11-13-18(14-12-17)22-19(21)20-15-10-16-27(8,23-25(2,3)4)24-26(5,6)7/h9,11-14H,1,10,15-16H2,2-8H3,(H,20,21). The number of benzene rings is 1. The highest BCUT2D eigenvalue weighted by molar-refractivity contribution is 6.87. The monoisotopic (exact) mass is 425 g/mol. The third-order valence-corrected chi connectivity index (χ3v) is 13.1. The van der Waals surface area contributed by atoms with Crippen LogP contribution in [0, 0.1) is 0 Å². The normalized spacial score (nSPS) is 12.6. The second-order valence-electron chi connectivity index (χ2n) is 8.76. The van der Waals surface area contributed by atoms with E-state index in [1.807, 2.05) is 12.1 Å². The molecule has 1 aromatic carbocycles. The van der Waals surface area contributed by atoms with E-state index in [0.717, 1.165) is 18.0 Å². The van der Waals surface area contributed by atoms with Crippen molar-refractivity contribution in [1.82, 2.24) is 5.32 Å². The highest BCUT2D eigenvalue weighted by atomic mass is 28.5.